The van der Waals surface area contributed by atoms with E-state index in [0.717, 1.165) is 0 Å². The number of carbonyl (C=O) groups excluding carboxylic acids is 2. The first-order valence-corrected chi connectivity index (χ1v) is 6.61. The number of aromatic nitrogens is 1. The number of pyridine rings is 1. The number of nitrogens with zero attached hydrogens (tertiary/aromatic N) is 2. The van der Waals surface area contributed by atoms with Gasteiger partial charge in [0, 0.05) is 31.6 Å². The van der Waals surface area contributed by atoms with Crippen molar-refractivity contribution in [3.63, 3.8) is 0 Å². The van der Waals surface area contributed by atoms with Crippen LogP contribution in [-0.2, 0) is 16.1 Å². The lowest BCUT2D eigenvalue weighted by molar-refractivity contribution is -0.154. The number of carbonyl (C=O) groups is 2. The van der Waals surface area contributed by atoms with Crippen molar-refractivity contribution < 1.29 is 27.5 Å². The van der Waals surface area contributed by atoms with Gasteiger partial charge in [-0.3, -0.25) is 9.59 Å². The fourth-order valence-corrected chi connectivity index (χ4v) is 1.72. The van der Waals surface area contributed by atoms with Crippen molar-refractivity contribution in [2.75, 3.05) is 6.61 Å². The normalized spacial score (nSPS) is 14.7. The summed E-state index contributed by atoms with van der Waals surface area (Å²) in [6.45, 7) is -1.37. The number of hydrazone groups is 1. The van der Waals surface area contributed by atoms with Gasteiger partial charge in [0.15, 0.2) is 6.61 Å². The zero-order chi connectivity index (χ0) is 16.9. The van der Waals surface area contributed by atoms with Crippen molar-refractivity contribution in [3.8, 4) is 5.88 Å². The van der Waals surface area contributed by atoms with Crippen LogP contribution in [0.2, 0.25) is 0 Å². The van der Waals surface area contributed by atoms with E-state index in [2.05, 4.69) is 25.6 Å². The summed E-state index contributed by atoms with van der Waals surface area (Å²) < 4.78 is 40.8. The first-order chi connectivity index (χ1) is 10.8. The minimum Gasteiger partial charge on any atom is -0.468 e. The summed E-state index contributed by atoms with van der Waals surface area (Å²) in [5.74, 6) is -0.905. The van der Waals surface area contributed by atoms with E-state index in [1.165, 1.54) is 18.3 Å². The molecule has 0 spiro atoms. The molecule has 0 aliphatic carbocycles. The second kappa shape index (κ2) is 7.07. The van der Waals surface area contributed by atoms with E-state index in [9.17, 15) is 22.8 Å². The van der Waals surface area contributed by atoms with Crippen LogP contribution in [0.4, 0.5) is 13.2 Å². The Kier molecular flexibility index (Phi) is 5.14. The number of ether oxygens (including phenoxy) is 1. The predicted octanol–water partition coefficient (Wildman–Crippen LogP) is 0.905. The van der Waals surface area contributed by atoms with Crippen LogP contribution in [0.5, 0.6) is 5.88 Å². The van der Waals surface area contributed by atoms with Gasteiger partial charge in [0.05, 0.1) is 0 Å². The molecule has 2 N–H and O–H groups in total. The second-order valence-electron chi connectivity index (χ2n) is 4.68. The highest BCUT2D eigenvalue weighted by molar-refractivity contribution is 6.39. The summed E-state index contributed by atoms with van der Waals surface area (Å²) in [5.41, 5.74) is 2.91. The Morgan fingerprint density at radius 2 is 2.17 bits per heavy atom. The van der Waals surface area contributed by atoms with Crippen molar-refractivity contribution in [1.29, 1.82) is 0 Å². The maximum atomic E-state index is 12.1. The van der Waals surface area contributed by atoms with E-state index in [1.807, 2.05) is 0 Å². The highest BCUT2D eigenvalue weighted by atomic mass is 19.4. The Balaban J connectivity index is 1.88. The zero-order valence-corrected chi connectivity index (χ0v) is 11.8. The van der Waals surface area contributed by atoms with E-state index < -0.39 is 18.7 Å². The van der Waals surface area contributed by atoms with Gasteiger partial charge in [-0.15, -0.1) is 0 Å². The van der Waals surface area contributed by atoms with Gasteiger partial charge in [0.25, 0.3) is 5.91 Å². The lowest BCUT2D eigenvalue weighted by atomic mass is 10.1. The van der Waals surface area contributed by atoms with Crippen molar-refractivity contribution in [3.05, 3.63) is 23.9 Å². The third kappa shape index (κ3) is 5.57. The Morgan fingerprint density at radius 1 is 1.39 bits per heavy atom. The quantitative estimate of drug-likeness (QED) is 0.839. The summed E-state index contributed by atoms with van der Waals surface area (Å²) in [6.07, 6.45) is -2.76. The van der Waals surface area contributed by atoms with Crippen LogP contribution >= 0.6 is 0 Å². The van der Waals surface area contributed by atoms with Gasteiger partial charge in [-0.2, -0.15) is 18.3 Å². The molecule has 0 saturated carbocycles. The SMILES string of the molecule is O=C1CCC(C(=O)NCc2ccnc(OCC(F)(F)F)c2)=NN1. The Bertz CT molecular complexity index is 631. The zero-order valence-electron chi connectivity index (χ0n) is 11.8. The van der Waals surface area contributed by atoms with Crippen LogP contribution in [0.3, 0.4) is 0 Å². The number of amides is 2. The van der Waals surface area contributed by atoms with Crippen LogP contribution in [0.25, 0.3) is 0 Å². The molecule has 0 radical (unpaired) electrons. The van der Waals surface area contributed by atoms with Gasteiger partial charge in [0.2, 0.25) is 11.8 Å². The molecule has 0 atom stereocenters. The maximum absolute atomic E-state index is 12.1. The molecule has 2 amide bonds. The molecule has 124 valence electrons. The largest absolute Gasteiger partial charge is 0.468 e. The number of hydrogen-bond donors (Lipinski definition) is 2. The summed E-state index contributed by atoms with van der Waals surface area (Å²) in [7, 11) is 0. The third-order valence-corrected chi connectivity index (χ3v) is 2.80. The molecule has 2 heterocycles. The Hall–Kier alpha value is -2.65. The topological polar surface area (TPSA) is 92.7 Å². The Labute approximate surface area is 128 Å². The van der Waals surface area contributed by atoms with E-state index >= 15 is 0 Å². The lowest BCUT2D eigenvalue weighted by Crippen LogP contribution is -2.36. The average Bonchev–Trinajstić information content (AvgIpc) is 2.51. The minimum atomic E-state index is -4.45. The van der Waals surface area contributed by atoms with Gasteiger partial charge >= 0.3 is 6.18 Å². The van der Waals surface area contributed by atoms with E-state index in [0.29, 0.717) is 5.56 Å². The first-order valence-electron chi connectivity index (χ1n) is 6.61. The van der Waals surface area contributed by atoms with Crippen molar-refractivity contribution >= 4 is 17.5 Å². The van der Waals surface area contributed by atoms with Gasteiger partial charge in [0.1, 0.15) is 5.71 Å². The molecule has 10 heteroatoms. The lowest BCUT2D eigenvalue weighted by Gasteiger charge is -2.12. The number of halogens is 3. The van der Waals surface area contributed by atoms with Crippen molar-refractivity contribution in [2.24, 2.45) is 5.10 Å². The number of alkyl halides is 3. The fourth-order valence-electron chi connectivity index (χ4n) is 1.72. The smallest absolute Gasteiger partial charge is 0.422 e. The molecule has 1 aromatic rings. The fraction of sp³-hybridized carbons (Fsp3) is 0.385. The molecule has 0 saturated heterocycles. The monoisotopic (exact) mass is 330 g/mol. The molecular formula is C13H13F3N4O3. The molecule has 23 heavy (non-hydrogen) atoms. The summed E-state index contributed by atoms with van der Waals surface area (Å²) >= 11 is 0. The summed E-state index contributed by atoms with van der Waals surface area (Å²) in [6, 6.07) is 2.83. The molecular weight excluding hydrogens is 317 g/mol. The number of hydrogen-bond acceptors (Lipinski definition) is 5. The standard InChI is InChI=1S/C13H13F3N4O3/c14-13(15,16)7-23-11-5-8(3-4-17-11)6-18-12(22)9-1-2-10(21)20-19-9/h3-5H,1-2,6-7H2,(H,18,22)(H,20,21). The van der Waals surface area contributed by atoms with E-state index in [4.69, 9.17) is 0 Å². The molecule has 0 fully saturated rings. The maximum Gasteiger partial charge on any atom is 0.422 e. The van der Waals surface area contributed by atoms with Gasteiger partial charge < -0.3 is 10.1 Å². The van der Waals surface area contributed by atoms with Gasteiger partial charge in [-0.1, -0.05) is 0 Å². The molecule has 1 aliphatic heterocycles. The highest BCUT2D eigenvalue weighted by Crippen LogP contribution is 2.17. The Morgan fingerprint density at radius 3 is 2.83 bits per heavy atom. The van der Waals surface area contributed by atoms with Crippen LogP contribution in [-0.4, -0.2) is 35.3 Å². The van der Waals surface area contributed by atoms with Gasteiger partial charge in [-0.25, -0.2) is 10.4 Å². The van der Waals surface area contributed by atoms with Crippen molar-refractivity contribution in [2.45, 2.75) is 25.6 Å². The summed E-state index contributed by atoms with van der Waals surface area (Å²) in [5, 5.41) is 6.20. The van der Waals surface area contributed by atoms with Crippen LogP contribution in [0.1, 0.15) is 18.4 Å². The third-order valence-electron chi connectivity index (χ3n) is 2.80. The number of rotatable bonds is 5. The molecule has 0 unspecified atom stereocenters. The average molecular weight is 330 g/mol. The molecule has 7 nitrogen and oxygen atoms in total. The predicted molar refractivity (Wildman–Crippen MR) is 72.4 cm³/mol. The van der Waals surface area contributed by atoms with Crippen LogP contribution in [0.15, 0.2) is 23.4 Å². The van der Waals surface area contributed by atoms with Crippen molar-refractivity contribution in [1.82, 2.24) is 15.7 Å². The number of nitrogens with one attached hydrogen (secondary N) is 2. The highest BCUT2D eigenvalue weighted by Gasteiger charge is 2.28. The minimum absolute atomic E-state index is 0.0662. The molecule has 1 aromatic heterocycles. The molecule has 2 rings (SSSR count). The molecule has 1 aliphatic rings. The molecule has 0 bridgehead atoms. The van der Waals surface area contributed by atoms with Crippen LogP contribution < -0.4 is 15.5 Å². The van der Waals surface area contributed by atoms with Crippen LogP contribution in [0, 0.1) is 0 Å². The molecule has 0 aromatic carbocycles. The van der Waals surface area contributed by atoms with E-state index in [1.54, 1.807) is 0 Å². The van der Waals surface area contributed by atoms with Gasteiger partial charge in [-0.05, 0) is 11.6 Å². The second-order valence-corrected chi connectivity index (χ2v) is 4.68. The first kappa shape index (κ1) is 16.7. The van der Waals surface area contributed by atoms with E-state index in [-0.39, 0.29) is 36.9 Å². The summed E-state index contributed by atoms with van der Waals surface area (Å²) in [4.78, 5) is 26.4.